The SMILES string of the molecule is COC(=O)c1ccc(OC)c2[nH]cc(/C=C/[N+](=O)[O-])c12. The maximum absolute atomic E-state index is 11.8. The van der Waals surface area contributed by atoms with Crippen LogP contribution in [0.5, 0.6) is 5.75 Å². The molecule has 7 nitrogen and oxygen atoms in total. The highest BCUT2D eigenvalue weighted by atomic mass is 16.6. The van der Waals surface area contributed by atoms with Gasteiger partial charge in [0.25, 0.3) is 0 Å². The Morgan fingerprint density at radius 1 is 1.40 bits per heavy atom. The lowest BCUT2D eigenvalue weighted by atomic mass is 10.1. The molecular weight excluding hydrogens is 264 g/mol. The van der Waals surface area contributed by atoms with E-state index >= 15 is 0 Å². The van der Waals surface area contributed by atoms with Crippen molar-refractivity contribution in [3.63, 3.8) is 0 Å². The number of nitrogens with zero attached hydrogens (tertiary/aromatic N) is 1. The third-order valence-electron chi connectivity index (χ3n) is 2.83. The quantitative estimate of drug-likeness (QED) is 0.525. The summed E-state index contributed by atoms with van der Waals surface area (Å²) in [6.45, 7) is 0. The van der Waals surface area contributed by atoms with Crippen molar-refractivity contribution in [2.75, 3.05) is 14.2 Å². The van der Waals surface area contributed by atoms with Gasteiger partial charge in [0.1, 0.15) is 5.75 Å². The summed E-state index contributed by atoms with van der Waals surface area (Å²) in [7, 11) is 2.78. The molecule has 1 aromatic heterocycles. The average Bonchev–Trinajstić information content (AvgIpc) is 2.87. The van der Waals surface area contributed by atoms with Crippen LogP contribution in [0.4, 0.5) is 0 Å². The average molecular weight is 276 g/mol. The summed E-state index contributed by atoms with van der Waals surface area (Å²) in [4.78, 5) is 24.6. The Kier molecular flexibility index (Phi) is 3.69. The van der Waals surface area contributed by atoms with Crippen LogP contribution in [0.2, 0.25) is 0 Å². The van der Waals surface area contributed by atoms with Gasteiger partial charge in [-0.3, -0.25) is 10.1 Å². The second-order valence-corrected chi connectivity index (χ2v) is 3.90. The molecular formula is C13H12N2O5. The number of rotatable bonds is 4. The van der Waals surface area contributed by atoms with Crippen molar-refractivity contribution in [3.8, 4) is 5.75 Å². The van der Waals surface area contributed by atoms with Crippen molar-refractivity contribution in [3.05, 3.63) is 45.8 Å². The van der Waals surface area contributed by atoms with E-state index in [1.807, 2.05) is 0 Å². The van der Waals surface area contributed by atoms with Crippen LogP contribution in [0.25, 0.3) is 17.0 Å². The number of aromatic nitrogens is 1. The summed E-state index contributed by atoms with van der Waals surface area (Å²) in [6.07, 6.45) is 3.69. The maximum Gasteiger partial charge on any atom is 0.338 e. The molecule has 0 bridgehead atoms. The summed E-state index contributed by atoms with van der Waals surface area (Å²) < 4.78 is 9.91. The maximum atomic E-state index is 11.8. The summed E-state index contributed by atoms with van der Waals surface area (Å²) in [5.74, 6) is 0.0152. The minimum atomic E-state index is -0.573. The van der Waals surface area contributed by atoms with Crippen molar-refractivity contribution in [1.29, 1.82) is 0 Å². The Morgan fingerprint density at radius 2 is 2.15 bits per heavy atom. The number of hydrogen-bond acceptors (Lipinski definition) is 5. The van der Waals surface area contributed by atoms with Gasteiger partial charge in [0.15, 0.2) is 0 Å². The van der Waals surface area contributed by atoms with Gasteiger partial charge in [0.05, 0.1) is 30.2 Å². The van der Waals surface area contributed by atoms with E-state index in [2.05, 4.69) is 4.98 Å². The van der Waals surface area contributed by atoms with Gasteiger partial charge in [0, 0.05) is 23.2 Å². The van der Waals surface area contributed by atoms with Gasteiger partial charge in [-0.25, -0.2) is 4.79 Å². The van der Waals surface area contributed by atoms with Gasteiger partial charge in [-0.1, -0.05) is 0 Å². The molecule has 2 rings (SSSR count). The van der Waals surface area contributed by atoms with Crippen LogP contribution in [0.3, 0.4) is 0 Å². The molecule has 7 heteroatoms. The van der Waals surface area contributed by atoms with Crippen LogP contribution in [-0.4, -0.2) is 30.1 Å². The van der Waals surface area contributed by atoms with Crippen LogP contribution in [0.1, 0.15) is 15.9 Å². The van der Waals surface area contributed by atoms with E-state index in [1.165, 1.54) is 20.3 Å². The fourth-order valence-corrected chi connectivity index (χ4v) is 1.97. The monoisotopic (exact) mass is 276 g/mol. The van der Waals surface area contributed by atoms with Crippen molar-refractivity contribution >= 4 is 22.9 Å². The molecule has 2 aromatic rings. The molecule has 0 saturated heterocycles. The first kappa shape index (κ1) is 13.6. The lowest BCUT2D eigenvalue weighted by Gasteiger charge is -2.06. The molecule has 104 valence electrons. The molecule has 1 aromatic carbocycles. The van der Waals surface area contributed by atoms with Gasteiger partial charge < -0.3 is 14.5 Å². The molecule has 0 radical (unpaired) electrons. The standard InChI is InChI=1S/C13H12N2O5/c1-19-10-4-3-9(13(16)20-2)11-8(5-6-15(17)18)7-14-12(10)11/h3-7,14H,1-2H3/b6-5+. The molecule has 0 aliphatic carbocycles. The molecule has 0 aliphatic heterocycles. The number of esters is 1. The van der Waals surface area contributed by atoms with Crippen molar-refractivity contribution in [2.45, 2.75) is 0 Å². The topological polar surface area (TPSA) is 94.5 Å². The fourth-order valence-electron chi connectivity index (χ4n) is 1.97. The number of carbonyl (C=O) groups excluding carboxylic acids is 1. The normalized spacial score (nSPS) is 10.9. The largest absolute Gasteiger partial charge is 0.495 e. The molecule has 0 aliphatic rings. The first-order valence-corrected chi connectivity index (χ1v) is 5.66. The number of H-pyrrole nitrogens is 1. The lowest BCUT2D eigenvalue weighted by molar-refractivity contribution is -0.400. The van der Waals surface area contributed by atoms with Crippen LogP contribution < -0.4 is 4.74 Å². The van der Waals surface area contributed by atoms with Crippen molar-refractivity contribution in [1.82, 2.24) is 4.98 Å². The molecule has 20 heavy (non-hydrogen) atoms. The molecule has 0 amide bonds. The van der Waals surface area contributed by atoms with Crippen LogP contribution in [-0.2, 0) is 4.74 Å². The zero-order valence-electron chi connectivity index (χ0n) is 10.9. The van der Waals surface area contributed by atoms with Crippen LogP contribution >= 0.6 is 0 Å². The highest BCUT2D eigenvalue weighted by Gasteiger charge is 2.17. The van der Waals surface area contributed by atoms with Crippen LogP contribution in [0, 0.1) is 10.1 Å². The zero-order valence-corrected chi connectivity index (χ0v) is 10.9. The molecule has 0 fully saturated rings. The number of methoxy groups -OCH3 is 2. The number of benzene rings is 1. The number of aromatic amines is 1. The summed E-state index contributed by atoms with van der Waals surface area (Å²) in [6, 6.07) is 3.19. The number of fused-ring (bicyclic) bond motifs is 1. The van der Waals surface area contributed by atoms with Gasteiger partial charge in [-0.15, -0.1) is 0 Å². The van der Waals surface area contributed by atoms with E-state index in [1.54, 1.807) is 18.3 Å². The van der Waals surface area contributed by atoms with Gasteiger partial charge in [-0.2, -0.15) is 0 Å². The Hall–Kier alpha value is -2.83. The number of nitrogens with one attached hydrogen (secondary N) is 1. The molecule has 0 saturated carbocycles. The molecule has 1 heterocycles. The number of carbonyl (C=O) groups is 1. The van der Waals surface area contributed by atoms with Crippen LogP contribution in [0.15, 0.2) is 24.5 Å². The van der Waals surface area contributed by atoms with E-state index in [4.69, 9.17) is 9.47 Å². The summed E-state index contributed by atoms with van der Waals surface area (Å²) in [5, 5.41) is 10.9. The lowest BCUT2D eigenvalue weighted by Crippen LogP contribution is -2.02. The fraction of sp³-hybridized carbons (Fsp3) is 0.154. The van der Waals surface area contributed by atoms with Crippen molar-refractivity contribution in [2.24, 2.45) is 0 Å². The van der Waals surface area contributed by atoms with E-state index in [-0.39, 0.29) is 0 Å². The second kappa shape index (κ2) is 5.43. The Bertz CT molecular complexity index is 702. The smallest absolute Gasteiger partial charge is 0.338 e. The van der Waals surface area contributed by atoms with Gasteiger partial charge in [-0.05, 0) is 12.1 Å². The highest BCUT2D eigenvalue weighted by molar-refractivity contribution is 6.08. The number of hydrogen-bond donors (Lipinski definition) is 1. The predicted octanol–water partition coefficient (Wildman–Crippen LogP) is 2.21. The first-order valence-electron chi connectivity index (χ1n) is 5.66. The van der Waals surface area contributed by atoms with E-state index in [0.717, 1.165) is 6.20 Å². The van der Waals surface area contributed by atoms with E-state index < -0.39 is 10.9 Å². The molecule has 1 N–H and O–H groups in total. The first-order chi connectivity index (χ1) is 9.58. The second-order valence-electron chi connectivity index (χ2n) is 3.90. The Labute approximate surface area is 113 Å². The third kappa shape index (κ3) is 2.33. The molecule has 0 atom stereocenters. The summed E-state index contributed by atoms with van der Waals surface area (Å²) >= 11 is 0. The molecule has 0 unspecified atom stereocenters. The minimum absolute atomic E-state index is 0.313. The zero-order chi connectivity index (χ0) is 14.7. The minimum Gasteiger partial charge on any atom is -0.495 e. The number of nitro groups is 1. The van der Waals surface area contributed by atoms with Gasteiger partial charge in [0.2, 0.25) is 6.20 Å². The van der Waals surface area contributed by atoms with Crippen molar-refractivity contribution < 1.29 is 19.2 Å². The van der Waals surface area contributed by atoms with E-state index in [0.29, 0.717) is 27.8 Å². The molecule has 0 spiro atoms. The Balaban J connectivity index is 2.71. The highest BCUT2D eigenvalue weighted by Crippen LogP contribution is 2.31. The Morgan fingerprint density at radius 3 is 2.75 bits per heavy atom. The third-order valence-corrected chi connectivity index (χ3v) is 2.83. The summed E-state index contributed by atoms with van der Waals surface area (Å²) in [5.41, 5.74) is 1.40. The predicted molar refractivity (Wildman–Crippen MR) is 72.2 cm³/mol. The number of ether oxygens (including phenoxy) is 2. The van der Waals surface area contributed by atoms with Gasteiger partial charge >= 0.3 is 5.97 Å². The van der Waals surface area contributed by atoms with E-state index in [9.17, 15) is 14.9 Å².